The summed E-state index contributed by atoms with van der Waals surface area (Å²) < 4.78 is 19.4. The molecule has 3 aliphatic heterocycles. The lowest BCUT2D eigenvalue weighted by Gasteiger charge is -2.49. The first-order chi connectivity index (χ1) is 11.6. The summed E-state index contributed by atoms with van der Waals surface area (Å²) >= 11 is 0. The van der Waals surface area contributed by atoms with Gasteiger partial charge in [-0.15, -0.1) is 0 Å². The lowest BCUT2D eigenvalue weighted by molar-refractivity contribution is 0.0211. The van der Waals surface area contributed by atoms with Crippen molar-refractivity contribution in [2.75, 3.05) is 13.1 Å². The molecule has 5 nitrogen and oxygen atoms in total. The van der Waals surface area contributed by atoms with Crippen LogP contribution in [0.1, 0.15) is 30.3 Å². The van der Waals surface area contributed by atoms with E-state index in [1.165, 1.54) is 12.3 Å². The van der Waals surface area contributed by atoms with E-state index in [9.17, 15) is 9.18 Å². The number of pyridine rings is 1. The molecule has 1 N–H and O–H groups in total. The molecule has 2 aromatic heterocycles. The van der Waals surface area contributed by atoms with Gasteiger partial charge in [0.15, 0.2) is 11.6 Å². The third kappa shape index (κ3) is 2.60. The lowest BCUT2D eigenvalue weighted by atomic mass is 9.79. The number of rotatable bonds is 3. The number of halogens is 1. The van der Waals surface area contributed by atoms with Gasteiger partial charge in [-0.1, -0.05) is 0 Å². The molecule has 6 heteroatoms. The molecule has 2 atom stereocenters. The van der Waals surface area contributed by atoms with Gasteiger partial charge >= 0.3 is 0 Å². The van der Waals surface area contributed by atoms with Crippen molar-refractivity contribution < 1.29 is 13.6 Å². The van der Waals surface area contributed by atoms with Crippen LogP contribution in [0.3, 0.4) is 0 Å². The number of aromatic nitrogens is 1. The Balaban J connectivity index is 1.51. The number of fused-ring (bicyclic) bond motifs is 3. The van der Waals surface area contributed by atoms with Crippen LogP contribution in [0.25, 0.3) is 11.3 Å². The zero-order chi connectivity index (χ0) is 16.7. The van der Waals surface area contributed by atoms with E-state index in [1.807, 2.05) is 0 Å². The van der Waals surface area contributed by atoms with E-state index in [-0.39, 0.29) is 17.7 Å². The van der Waals surface area contributed by atoms with Crippen LogP contribution in [0.2, 0.25) is 0 Å². The Labute approximate surface area is 139 Å². The highest BCUT2D eigenvalue weighted by atomic mass is 19.1. The maximum Gasteiger partial charge on any atom is 0.287 e. The monoisotopic (exact) mass is 329 g/mol. The fourth-order valence-electron chi connectivity index (χ4n) is 3.95. The van der Waals surface area contributed by atoms with E-state index >= 15 is 0 Å². The highest BCUT2D eigenvalue weighted by Crippen LogP contribution is 2.32. The summed E-state index contributed by atoms with van der Waals surface area (Å²) in [6.45, 7) is 4.39. The second-order valence-corrected chi connectivity index (χ2v) is 6.63. The number of amides is 1. The quantitative estimate of drug-likeness (QED) is 0.941. The predicted molar refractivity (Wildman–Crippen MR) is 86.9 cm³/mol. The first-order valence-electron chi connectivity index (χ1n) is 8.38. The molecular formula is C18H20FN3O2. The van der Waals surface area contributed by atoms with Crippen LogP contribution in [0, 0.1) is 11.7 Å². The van der Waals surface area contributed by atoms with Crippen molar-refractivity contribution in [1.29, 1.82) is 0 Å². The molecule has 0 spiro atoms. The molecule has 2 bridgehead atoms. The normalized spacial score (nSPS) is 28.8. The van der Waals surface area contributed by atoms with Gasteiger partial charge in [-0.05, 0) is 57.0 Å². The topological polar surface area (TPSA) is 58.4 Å². The van der Waals surface area contributed by atoms with E-state index in [1.54, 1.807) is 12.1 Å². The van der Waals surface area contributed by atoms with E-state index in [4.69, 9.17) is 4.42 Å². The summed E-state index contributed by atoms with van der Waals surface area (Å²) in [7, 11) is 0. The summed E-state index contributed by atoms with van der Waals surface area (Å²) in [5.41, 5.74) is 0.306. The minimum absolute atomic E-state index is 0.145. The number of carbonyl (C=O) groups excluding carboxylic acids is 1. The largest absolute Gasteiger partial charge is 0.451 e. The van der Waals surface area contributed by atoms with Gasteiger partial charge in [-0.2, -0.15) is 0 Å². The van der Waals surface area contributed by atoms with Crippen LogP contribution in [0.4, 0.5) is 4.39 Å². The second kappa shape index (κ2) is 6.02. The summed E-state index contributed by atoms with van der Waals surface area (Å²) in [6.07, 6.45) is 4.88. The molecule has 1 amide bonds. The van der Waals surface area contributed by atoms with Crippen molar-refractivity contribution in [3.63, 3.8) is 0 Å². The summed E-state index contributed by atoms with van der Waals surface area (Å²) in [5, 5.41) is 3.12. The van der Waals surface area contributed by atoms with Gasteiger partial charge < -0.3 is 9.73 Å². The highest BCUT2D eigenvalue weighted by molar-refractivity contribution is 5.92. The first-order valence-corrected chi connectivity index (χ1v) is 8.38. The Morgan fingerprint density at radius 2 is 2.12 bits per heavy atom. The maximum atomic E-state index is 13.8. The number of nitrogens with one attached hydrogen (secondary N) is 1. The number of piperidine rings is 3. The van der Waals surface area contributed by atoms with Crippen LogP contribution < -0.4 is 5.32 Å². The van der Waals surface area contributed by atoms with Gasteiger partial charge in [-0.3, -0.25) is 14.7 Å². The molecule has 24 heavy (non-hydrogen) atoms. The van der Waals surface area contributed by atoms with Crippen molar-refractivity contribution in [3.8, 4) is 11.3 Å². The molecule has 3 saturated heterocycles. The Hall–Kier alpha value is -2.21. The third-order valence-corrected chi connectivity index (χ3v) is 5.34. The van der Waals surface area contributed by atoms with Gasteiger partial charge in [0.2, 0.25) is 0 Å². The molecule has 0 saturated carbocycles. The van der Waals surface area contributed by atoms with Gasteiger partial charge in [0, 0.05) is 18.3 Å². The fraction of sp³-hybridized carbons (Fsp3) is 0.444. The van der Waals surface area contributed by atoms with Gasteiger partial charge in [0.05, 0.1) is 11.8 Å². The number of hydrogen-bond donors (Lipinski definition) is 1. The fourth-order valence-corrected chi connectivity index (χ4v) is 3.95. The van der Waals surface area contributed by atoms with Crippen molar-refractivity contribution in [2.24, 2.45) is 5.92 Å². The predicted octanol–water partition coefficient (Wildman–Crippen LogP) is 2.69. The first kappa shape index (κ1) is 15.3. The van der Waals surface area contributed by atoms with E-state index in [0.29, 0.717) is 23.3 Å². The van der Waals surface area contributed by atoms with Crippen molar-refractivity contribution >= 4 is 5.91 Å². The zero-order valence-corrected chi connectivity index (χ0v) is 13.5. The van der Waals surface area contributed by atoms with Crippen LogP contribution in [0.15, 0.2) is 35.0 Å². The van der Waals surface area contributed by atoms with E-state index in [0.717, 1.165) is 32.1 Å². The number of carbonyl (C=O) groups is 1. The van der Waals surface area contributed by atoms with Crippen LogP contribution >= 0.6 is 0 Å². The third-order valence-electron chi connectivity index (χ3n) is 5.34. The van der Waals surface area contributed by atoms with Gasteiger partial charge in [0.1, 0.15) is 5.76 Å². The summed E-state index contributed by atoms with van der Waals surface area (Å²) in [4.78, 5) is 18.7. The standard InChI is InChI=1S/C18H20FN3O2/c1-11-17(12-5-8-22(11)9-6-12)21-18(23)16-3-2-15(24-16)13-4-7-20-10-14(13)19/h2-4,7,10-12,17H,5-6,8-9H2,1H3,(H,21,23)/t11-,17-/m0/s1. The van der Waals surface area contributed by atoms with E-state index < -0.39 is 5.82 Å². The average molecular weight is 329 g/mol. The lowest BCUT2D eigenvalue weighted by Crippen LogP contribution is -2.62. The summed E-state index contributed by atoms with van der Waals surface area (Å²) in [6, 6.07) is 5.23. The van der Waals surface area contributed by atoms with Gasteiger partial charge in [0.25, 0.3) is 5.91 Å². The molecule has 0 aromatic carbocycles. The average Bonchev–Trinajstić information content (AvgIpc) is 3.09. The smallest absolute Gasteiger partial charge is 0.287 e. The van der Waals surface area contributed by atoms with Crippen molar-refractivity contribution in [2.45, 2.75) is 31.8 Å². The highest BCUT2D eigenvalue weighted by Gasteiger charge is 2.40. The minimum atomic E-state index is -0.468. The van der Waals surface area contributed by atoms with Gasteiger partial charge in [-0.25, -0.2) is 4.39 Å². The molecule has 126 valence electrons. The Kier molecular flexibility index (Phi) is 3.84. The molecule has 0 radical (unpaired) electrons. The molecule has 0 aliphatic carbocycles. The van der Waals surface area contributed by atoms with Crippen molar-refractivity contribution in [1.82, 2.24) is 15.2 Å². The number of nitrogens with zero attached hydrogens (tertiary/aromatic N) is 2. The molecule has 5 heterocycles. The Morgan fingerprint density at radius 3 is 2.83 bits per heavy atom. The van der Waals surface area contributed by atoms with Crippen molar-refractivity contribution in [3.05, 3.63) is 42.2 Å². The molecule has 3 aliphatic rings. The maximum absolute atomic E-state index is 13.8. The molecule has 0 unspecified atom stereocenters. The van der Waals surface area contributed by atoms with Crippen LogP contribution in [-0.2, 0) is 0 Å². The number of hydrogen-bond acceptors (Lipinski definition) is 4. The van der Waals surface area contributed by atoms with Crippen LogP contribution in [0.5, 0.6) is 0 Å². The minimum Gasteiger partial charge on any atom is -0.451 e. The Morgan fingerprint density at radius 1 is 1.33 bits per heavy atom. The van der Waals surface area contributed by atoms with Crippen LogP contribution in [-0.4, -0.2) is 41.0 Å². The Bertz CT molecular complexity index is 750. The molecule has 5 rings (SSSR count). The molecule has 3 fully saturated rings. The zero-order valence-electron chi connectivity index (χ0n) is 13.5. The number of furan rings is 1. The second-order valence-electron chi connectivity index (χ2n) is 6.63. The summed E-state index contributed by atoms with van der Waals surface area (Å²) in [5.74, 6) is 0.374. The molecule has 2 aromatic rings. The van der Waals surface area contributed by atoms with E-state index in [2.05, 4.69) is 22.1 Å². The molecular weight excluding hydrogens is 309 g/mol. The SMILES string of the molecule is C[C@H]1[C@H](NC(=O)c2ccc(-c3ccncc3F)o2)C2CCN1CC2.